The Morgan fingerprint density at radius 3 is 2.37 bits per heavy atom. The number of rotatable bonds is 4. The summed E-state index contributed by atoms with van der Waals surface area (Å²) in [5.41, 5.74) is 1.94. The van der Waals surface area contributed by atoms with Crippen LogP contribution in [0.2, 0.25) is 0 Å². The van der Waals surface area contributed by atoms with E-state index in [0.717, 1.165) is 0 Å². The Morgan fingerprint density at radius 2 is 1.81 bits per heavy atom. The van der Waals surface area contributed by atoms with Gasteiger partial charge in [0.25, 0.3) is 0 Å². The van der Waals surface area contributed by atoms with Crippen molar-refractivity contribution in [2.45, 2.75) is 12.2 Å². The summed E-state index contributed by atoms with van der Waals surface area (Å²) >= 11 is 3.41. The van der Waals surface area contributed by atoms with Gasteiger partial charge in [0.2, 0.25) is 0 Å². The summed E-state index contributed by atoms with van der Waals surface area (Å²) in [4.78, 5) is 31.6. The van der Waals surface area contributed by atoms with Crippen LogP contribution in [0.5, 0.6) is 0 Å². The van der Waals surface area contributed by atoms with Gasteiger partial charge in [-0.15, -0.1) is 0 Å². The van der Waals surface area contributed by atoms with Crippen molar-refractivity contribution in [2.24, 2.45) is 4.99 Å². The maximum absolute atomic E-state index is 9.77. The highest BCUT2D eigenvalue weighted by atomic mass is 79.9. The van der Waals surface area contributed by atoms with Gasteiger partial charge < -0.3 is 31.1 Å². The zero-order valence-corrected chi connectivity index (χ0v) is 14.9. The molecular formula is C15H16BrN5O6. The van der Waals surface area contributed by atoms with E-state index in [1.165, 1.54) is 0 Å². The Kier molecular flexibility index (Phi) is 5.20. The largest absolute Gasteiger partial charge is 0.479 e. The Labute approximate surface area is 166 Å². The van der Waals surface area contributed by atoms with E-state index in [0.29, 0.717) is 21.2 Å². The van der Waals surface area contributed by atoms with Crippen LogP contribution in [0.1, 0.15) is 5.48 Å². The van der Waals surface area contributed by atoms with Gasteiger partial charge in [-0.2, -0.15) is 0 Å². The highest BCUT2D eigenvalue weighted by Gasteiger charge is 2.29. The van der Waals surface area contributed by atoms with Crippen LogP contribution < -0.4 is 10.6 Å². The van der Waals surface area contributed by atoms with Crippen molar-refractivity contribution < 1.29 is 35.5 Å². The van der Waals surface area contributed by atoms with Crippen molar-refractivity contribution in [2.75, 3.05) is 18.3 Å². The van der Waals surface area contributed by atoms with E-state index in [2.05, 4.69) is 41.5 Å². The number of guanidine groups is 1. The van der Waals surface area contributed by atoms with Crippen molar-refractivity contribution in [3.8, 4) is 0 Å². The minimum Gasteiger partial charge on any atom is -0.479 e. The zero-order chi connectivity index (χ0) is 23.6. The maximum atomic E-state index is 9.77. The number of aliphatic hydroxyl groups excluding tert-OH is 2. The average molecular weight is 446 g/mol. The number of aromatic nitrogens is 2. The van der Waals surface area contributed by atoms with E-state index in [4.69, 9.17) is 25.9 Å². The number of carbonyl (C=O) groups is 2. The molecule has 1 aliphatic heterocycles. The predicted octanol–water partition coefficient (Wildman–Crippen LogP) is -0.359. The van der Waals surface area contributed by atoms with E-state index in [1.807, 2.05) is 0 Å². The normalized spacial score (nSPS) is 20.9. The van der Waals surface area contributed by atoms with E-state index in [1.54, 1.807) is 24.5 Å². The molecule has 2 atom stereocenters. The van der Waals surface area contributed by atoms with Crippen LogP contribution in [0.25, 0.3) is 11.0 Å². The summed E-state index contributed by atoms with van der Waals surface area (Å²) in [6.45, 7) is -4.60. The maximum Gasteiger partial charge on any atom is 0.335 e. The van der Waals surface area contributed by atoms with Gasteiger partial charge in [-0.1, -0.05) is 0 Å². The summed E-state index contributed by atoms with van der Waals surface area (Å²) in [5.74, 6) is -3.52. The molecule has 0 radical (unpaired) electrons. The molecule has 1 aromatic heterocycles. The van der Waals surface area contributed by atoms with Crippen molar-refractivity contribution in [3.63, 3.8) is 0 Å². The van der Waals surface area contributed by atoms with E-state index in [-0.39, 0.29) is 5.96 Å². The fraction of sp³-hybridized carbons (Fsp3) is 0.267. The first-order chi connectivity index (χ1) is 14.3. The number of hydrogen-bond donors (Lipinski definition) is 6. The summed E-state index contributed by atoms with van der Waals surface area (Å²) in [5, 5.41) is 37.8. The molecule has 0 saturated heterocycles. The summed E-state index contributed by atoms with van der Waals surface area (Å²) in [7, 11) is 0. The van der Waals surface area contributed by atoms with Crippen LogP contribution in [0.4, 0.5) is 5.69 Å². The number of nitrogens with zero attached hydrogens (tertiary/aromatic N) is 3. The lowest BCUT2D eigenvalue weighted by Gasteiger charge is -2.09. The fourth-order valence-electron chi connectivity index (χ4n) is 1.76. The average Bonchev–Trinajstić information content (AvgIpc) is 2.89. The Hall–Kier alpha value is -2.83. The number of nitrogens with one attached hydrogen (secondary N) is 2. The Bertz CT molecular complexity index is 1020. The summed E-state index contributed by atoms with van der Waals surface area (Å²) in [6.07, 6.45) is -1.37. The number of benzene rings is 1. The highest BCUT2D eigenvalue weighted by Crippen LogP contribution is 2.28. The smallest absolute Gasteiger partial charge is 0.335 e. The van der Waals surface area contributed by atoms with Gasteiger partial charge >= 0.3 is 11.9 Å². The van der Waals surface area contributed by atoms with Gasteiger partial charge in [0.15, 0.2) is 18.2 Å². The lowest BCUT2D eigenvalue weighted by atomic mass is 10.2. The summed E-state index contributed by atoms with van der Waals surface area (Å²) in [6, 6.07) is 3.49. The molecule has 0 spiro atoms. The number of aliphatic imine (C=N–C) groups is 1. The molecule has 1 aromatic carbocycles. The van der Waals surface area contributed by atoms with Crippen LogP contribution in [-0.4, -0.2) is 73.5 Å². The topological polar surface area (TPSA) is 177 Å². The predicted molar refractivity (Wildman–Crippen MR) is 98.5 cm³/mol. The van der Waals surface area contributed by atoms with Crippen LogP contribution in [0.3, 0.4) is 0 Å². The van der Waals surface area contributed by atoms with Gasteiger partial charge in [-0.25, -0.2) is 9.59 Å². The Balaban J connectivity index is 0.000000291. The lowest BCUT2D eigenvalue weighted by Crippen LogP contribution is -2.39. The fourth-order valence-corrected chi connectivity index (χ4v) is 2.29. The standard InChI is InChI=1S/C11H10BrN5.C4H6O6/c12-9-7(17-11-15-5-6-16-11)1-2-8-10(9)14-4-3-13-8;5-1(3(7)8)2(6)4(9)10/h1-4H,5-6H2,(H2,15,16,17);1-2,5-6H,(H,7,8)(H,9,10)/t;1-,2-/m.1/s1/i5D2,6D2;. The third-order valence-corrected chi connectivity index (χ3v) is 3.84. The van der Waals surface area contributed by atoms with Gasteiger partial charge in [0, 0.05) is 18.9 Å². The highest BCUT2D eigenvalue weighted by molar-refractivity contribution is 9.10. The molecule has 6 N–H and O–H groups in total. The summed E-state index contributed by atoms with van der Waals surface area (Å²) < 4.78 is 30.8. The second-order valence-electron chi connectivity index (χ2n) is 4.86. The van der Waals surface area contributed by atoms with Crippen LogP contribution in [-0.2, 0) is 9.59 Å². The molecule has 0 unspecified atom stereocenters. The molecule has 0 bridgehead atoms. The molecule has 144 valence electrons. The number of carboxylic acid groups (broad SMARTS) is 2. The number of aliphatic carboxylic acids is 2. The van der Waals surface area contributed by atoms with Crippen molar-refractivity contribution in [1.29, 1.82) is 0 Å². The minimum atomic E-state index is -2.33. The molecule has 27 heavy (non-hydrogen) atoms. The van der Waals surface area contributed by atoms with Crippen LogP contribution >= 0.6 is 15.9 Å². The van der Waals surface area contributed by atoms with E-state index < -0.39 is 37.1 Å². The molecule has 0 saturated carbocycles. The molecule has 11 nitrogen and oxygen atoms in total. The number of carboxylic acids is 2. The van der Waals surface area contributed by atoms with E-state index >= 15 is 0 Å². The molecule has 12 heteroatoms. The number of aliphatic hydroxyl groups is 2. The quantitative estimate of drug-likeness (QED) is 0.364. The van der Waals surface area contributed by atoms with Gasteiger partial charge in [-0.05, 0) is 28.1 Å². The van der Waals surface area contributed by atoms with Crippen LogP contribution in [0, 0.1) is 0 Å². The molecule has 3 rings (SSSR count). The third kappa shape index (κ3) is 5.32. The van der Waals surface area contributed by atoms with Crippen molar-refractivity contribution in [1.82, 2.24) is 15.3 Å². The lowest BCUT2D eigenvalue weighted by molar-refractivity contribution is -0.165. The second kappa shape index (κ2) is 9.21. The molecule has 2 heterocycles. The van der Waals surface area contributed by atoms with Crippen molar-refractivity contribution >= 4 is 50.5 Å². The minimum absolute atomic E-state index is 0.0222. The first-order valence-electron chi connectivity index (χ1n) is 9.13. The number of hydrogen-bond acceptors (Lipinski definition) is 9. The van der Waals surface area contributed by atoms with Gasteiger partial charge in [0.05, 0.1) is 27.7 Å². The molecule has 2 aromatic rings. The Morgan fingerprint density at radius 1 is 1.19 bits per heavy atom. The van der Waals surface area contributed by atoms with Crippen molar-refractivity contribution in [3.05, 3.63) is 29.0 Å². The zero-order valence-electron chi connectivity index (χ0n) is 17.3. The monoisotopic (exact) mass is 445 g/mol. The molecular weight excluding hydrogens is 426 g/mol. The number of fused-ring (bicyclic) bond motifs is 1. The third-order valence-electron chi connectivity index (χ3n) is 3.04. The number of halogens is 1. The SMILES string of the molecule is O=C(O)[C@H](O)[C@@H](O)C(=O)O.[2H]C1([2H])N=C(Nc2ccc3nccnc3c2Br)NC1([2H])[2H]. The van der Waals surface area contributed by atoms with Gasteiger partial charge in [0.1, 0.15) is 5.52 Å². The van der Waals surface area contributed by atoms with Crippen LogP contribution in [0.15, 0.2) is 34.0 Å². The molecule has 0 amide bonds. The van der Waals surface area contributed by atoms with E-state index in [9.17, 15) is 9.59 Å². The number of anilines is 1. The molecule has 0 fully saturated rings. The first-order valence-corrected chi connectivity index (χ1v) is 7.92. The molecule has 0 aliphatic carbocycles. The molecule has 1 aliphatic rings. The van der Waals surface area contributed by atoms with Gasteiger partial charge in [-0.3, -0.25) is 15.0 Å². The second-order valence-corrected chi connectivity index (χ2v) is 5.66. The first kappa shape index (κ1) is 15.2.